The van der Waals surface area contributed by atoms with E-state index < -0.39 is 11.8 Å². The van der Waals surface area contributed by atoms with E-state index in [1.54, 1.807) is 0 Å². The van der Waals surface area contributed by atoms with Crippen molar-refractivity contribution in [2.24, 2.45) is 0 Å². The van der Waals surface area contributed by atoms with Gasteiger partial charge in [0, 0.05) is 11.1 Å². The molecule has 0 spiro atoms. The van der Waals surface area contributed by atoms with Crippen molar-refractivity contribution in [3.05, 3.63) is 71.8 Å². The highest BCUT2D eigenvalue weighted by Crippen LogP contribution is 2.14. The Bertz CT molecular complexity index is 745. The number of nitrogens with zero attached hydrogens (tertiary/aromatic N) is 2. The molecule has 0 saturated carbocycles. The molecule has 0 saturated heterocycles. The lowest BCUT2D eigenvalue weighted by Gasteiger charge is -2.35. The summed E-state index contributed by atoms with van der Waals surface area (Å²) >= 11 is 0. The van der Waals surface area contributed by atoms with E-state index in [4.69, 9.17) is 10.8 Å². The van der Waals surface area contributed by atoms with Crippen LogP contribution in [0.5, 0.6) is 0 Å². The van der Waals surface area contributed by atoms with Crippen LogP contribution in [0.2, 0.25) is 0 Å². The molecule has 0 bridgehead atoms. The maximum Gasteiger partial charge on any atom is 0.104 e. The maximum atomic E-state index is 9.78. The molecule has 0 aromatic heterocycles. The normalized spacial score (nSPS) is 10.9. The van der Waals surface area contributed by atoms with Gasteiger partial charge < -0.3 is 30.0 Å². The molecule has 2 aromatic carbocycles. The van der Waals surface area contributed by atoms with Crippen LogP contribution in [0.4, 0.5) is 0 Å². The van der Waals surface area contributed by atoms with Gasteiger partial charge in [-0.05, 0) is 66.2 Å². The molecule has 2 aromatic rings. The number of benzene rings is 2. The molecule has 36 heavy (non-hydrogen) atoms. The monoisotopic (exact) mass is 498 g/mol. The van der Waals surface area contributed by atoms with Crippen LogP contribution < -0.4 is 10.2 Å². The van der Waals surface area contributed by atoms with Crippen LogP contribution in [-0.4, -0.2) is 60.0 Å². The summed E-state index contributed by atoms with van der Waals surface area (Å²) in [6.07, 6.45) is -0.245. The maximum absolute atomic E-state index is 9.78. The molecule has 6 nitrogen and oxygen atoms in total. The third-order valence-electron chi connectivity index (χ3n) is 7.33. The molecule has 0 radical (unpaired) electrons. The fourth-order valence-corrected chi connectivity index (χ4v) is 4.18. The Morgan fingerprint density at radius 1 is 0.528 bits per heavy atom. The van der Waals surface area contributed by atoms with E-state index in [0.29, 0.717) is 0 Å². The van der Waals surface area contributed by atoms with Gasteiger partial charge in [0.2, 0.25) is 0 Å². The van der Waals surface area contributed by atoms with Gasteiger partial charge in [-0.1, -0.05) is 60.7 Å². The zero-order chi connectivity index (χ0) is 27.5. The fraction of sp³-hybridized carbons (Fsp3) is 0.533. The summed E-state index contributed by atoms with van der Waals surface area (Å²) in [7, 11) is 0. The molecular formula is C30H50N4O2. The molecule has 0 aliphatic heterocycles. The van der Waals surface area contributed by atoms with E-state index >= 15 is 0 Å². The van der Waals surface area contributed by atoms with Gasteiger partial charge >= 0.3 is 0 Å². The van der Waals surface area contributed by atoms with Crippen LogP contribution in [-0.2, 0) is 13.1 Å². The van der Waals surface area contributed by atoms with Crippen LogP contribution in [0.25, 0.3) is 0 Å². The molecule has 0 heterocycles. The molecule has 0 aliphatic rings. The quantitative estimate of drug-likeness (QED) is 0.240. The van der Waals surface area contributed by atoms with Crippen molar-refractivity contribution in [1.29, 1.82) is 10.8 Å². The highest BCUT2D eigenvalue weighted by atomic mass is 16.3. The molecule has 0 fully saturated rings. The molecule has 0 aliphatic carbocycles. The zero-order valence-corrected chi connectivity index (χ0v) is 23.6. The molecular weight excluding hydrogens is 448 g/mol. The van der Waals surface area contributed by atoms with Gasteiger partial charge in [-0.25, -0.2) is 0 Å². The largest absolute Gasteiger partial charge is 0.862 e. The van der Waals surface area contributed by atoms with E-state index in [2.05, 4.69) is 102 Å². The first-order chi connectivity index (χ1) is 17.1. The second-order valence-corrected chi connectivity index (χ2v) is 9.21. The molecule has 202 valence electrons. The SMILES string of the molecule is CC[N+](CC)(CC)Cc1ccccc1.CC[N+](CC)(CC)Cc1ccccc1.N=C([O-])CCC(=N)[O-]. The van der Waals surface area contributed by atoms with Gasteiger partial charge in [0.25, 0.3) is 0 Å². The van der Waals surface area contributed by atoms with Crippen molar-refractivity contribution < 1.29 is 19.2 Å². The summed E-state index contributed by atoms with van der Waals surface area (Å²) in [6, 6.07) is 21.6. The highest BCUT2D eigenvalue weighted by molar-refractivity contribution is 5.75. The van der Waals surface area contributed by atoms with E-state index in [1.165, 1.54) is 72.5 Å². The first-order valence-corrected chi connectivity index (χ1v) is 13.4. The second kappa shape index (κ2) is 18.6. The van der Waals surface area contributed by atoms with E-state index in [0.717, 1.165) is 0 Å². The zero-order valence-electron chi connectivity index (χ0n) is 23.6. The van der Waals surface area contributed by atoms with Crippen LogP contribution in [0.1, 0.15) is 65.5 Å². The third-order valence-corrected chi connectivity index (χ3v) is 7.33. The average Bonchev–Trinajstić information content (AvgIpc) is 2.91. The van der Waals surface area contributed by atoms with Crippen molar-refractivity contribution in [3.8, 4) is 0 Å². The Morgan fingerprint density at radius 3 is 0.972 bits per heavy atom. The molecule has 0 amide bonds. The molecule has 2 N–H and O–H groups in total. The fourth-order valence-electron chi connectivity index (χ4n) is 4.18. The van der Waals surface area contributed by atoms with Crippen LogP contribution in [0.3, 0.4) is 0 Å². The molecule has 2 rings (SSSR count). The van der Waals surface area contributed by atoms with Gasteiger partial charge in [0.05, 0.1) is 39.3 Å². The minimum absolute atomic E-state index is 0.123. The lowest BCUT2D eigenvalue weighted by Crippen LogP contribution is -2.46. The Balaban J connectivity index is 0.000000533. The smallest absolute Gasteiger partial charge is 0.104 e. The Kier molecular flexibility index (Phi) is 17.2. The summed E-state index contributed by atoms with van der Waals surface area (Å²) in [5.74, 6) is -1.57. The van der Waals surface area contributed by atoms with Crippen molar-refractivity contribution in [2.75, 3.05) is 39.3 Å². The second-order valence-electron chi connectivity index (χ2n) is 9.21. The van der Waals surface area contributed by atoms with Crippen molar-refractivity contribution in [1.82, 2.24) is 0 Å². The van der Waals surface area contributed by atoms with E-state index in [-0.39, 0.29) is 12.8 Å². The predicted octanol–water partition coefficient (Wildman–Crippen LogP) is 4.57. The van der Waals surface area contributed by atoms with Gasteiger partial charge in [0.15, 0.2) is 0 Å². The molecule has 0 atom stereocenters. The van der Waals surface area contributed by atoms with Gasteiger partial charge in [-0.3, -0.25) is 0 Å². The topological polar surface area (TPSA) is 93.8 Å². The molecule has 6 heteroatoms. The Hall–Kier alpha value is -2.70. The Labute approximate surface area is 220 Å². The Morgan fingerprint density at radius 2 is 0.778 bits per heavy atom. The van der Waals surface area contributed by atoms with Crippen molar-refractivity contribution >= 4 is 11.8 Å². The minimum atomic E-state index is -0.786. The summed E-state index contributed by atoms with van der Waals surface area (Å²) < 4.78 is 2.40. The minimum Gasteiger partial charge on any atom is -0.862 e. The first-order valence-electron chi connectivity index (χ1n) is 13.4. The van der Waals surface area contributed by atoms with Crippen LogP contribution >= 0.6 is 0 Å². The standard InChI is InChI=1S/2C13H22N.C4H8N2O2/c2*1-4-14(5-2,6-3)12-13-10-8-7-9-11-13;5-3(7)1-2-4(6)8/h2*7-11H,4-6,12H2,1-3H3;1-2H2,(H2,5,7)(H2,6,8)/q2*+1;/p-2. The van der Waals surface area contributed by atoms with Crippen molar-refractivity contribution in [2.45, 2.75) is 67.5 Å². The number of nitrogens with one attached hydrogen (secondary N) is 2. The van der Waals surface area contributed by atoms with Crippen LogP contribution in [0, 0.1) is 10.8 Å². The van der Waals surface area contributed by atoms with Crippen molar-refractivity contribution in [3.63, 3.8) is 0 Å². The number of hydrogen-bond acceptors (Lipinski definition) is 4. The summed E-state index contributed by atoms with van der Waals surface area (Å²) in [5.41, 5.74) is 2.91. The summed E-state index contributed by atoms with van der Waals surface area (Å²) in [5, 5.41) is 32.2. The van der Waals surface area contributed by atoms with E-state index in [9.17, 15) is 10.2 Å². The molecule has 0 unspecified atom stereocenters. The lowest BCUT2D eigenvalue weighted by atomic mass is 10.2. The highest BCUT2D eigenvalue weighted by Gasteiger charge is 2.21. The van der Waals surface area contributed by atoms with E-state index in [1.807, 2.05) is 0 Å². The summed E-state index contributed by atoms with van der Waals surface area (Å²) in [4.78, 5) is 0. The van der Waals surface area contributed by atoms with Gasteiger partial charge in [-0.15, -0.1) is 0 Å². The number of rotatable bonds is 13. The third kappa shape index (κ3) is 13.4. The first kappa shape index (κ1) is 33.3. The number of quaternary nitrogens is 2. The van der Waals surface area contributed by atoms with Gasteiger partial charge in [-0.2, -0.15) is 0 Å². The number of hydrogen-bond donors (Lipinski definition) is 2. The lowest BCUT2D eigenvalue weighted by molar-refractivity contribution is -0.936. The summed E-state index contributed by atoms with van der Waals surface area (Å²) in [6.45, 7) is 23.4. The van der Waals surface area contributed by atoms with Gasteiger partial charge in [0.1, 0.15) is 13.1 Å². The predicted molar refractivity (Wildman–Crippen MR) is 149 cm³/mol. The average molecular weight is 499 g/mol. The van der Waals surface area contributed by atoms with Crippen LogP contribution in [0.15, 0.2) is 60.7 Å².